The lowest BCUT2D eigenvalue weighted by Gasteiger charge is -2.17. The molecule has 0 amide bonds. The molecule has 0 aliphatic carbocycles. The van der Waals surface area contributed by atoms with Gasteiger partial charge in [0.2, 0.25) is 0 Å². The van der Waals surface area contributed by atoms with Crippen LogP contribution >= 0.6 is 0 Å². The largest absolute Gasteiger partial charge is 0.485 e. The highest BCUT2D eigenvalue weighted by molar-refractivity contribution is 5.23. The number of rotatable bonds is 3. The minimum absolute atomic E-state index is 0.177. The molecule has 0 heterocycles. The van der Waals surface area contributed by atoms with Crippen LogP contribution in [0.25, 0.3) is 0 Å². The van der Waals surface area contributed by atoms with E-state index in [9.17, 15) is 4.39 Å². The zero-order valence-corrected chi connectivity index (χ0v) is 7.70. The second-order valence-electron chi connectivity index (χ2n) is 2.99. The number of hydrogen-bond acceptors (Lipinski definition) is 2. The quantitative estimate of drug-likeness (QED) is 0.778. The summed E-state index contributed by atoms with van der Waals surface area (Å²) in [7, 11) is 0. The number of aliphatic hydroxyl groups excluding tert-OH is 1. The molecule has 1 N–H and O–H groups in total. The van der Waals surface area contributed by atoms with Crippen LogP contribution in [0.4, 0.5) is 4.39 Å². The molecule has 0 fully saturated rings. The van der Waals surface area contributed by atoms with Gasteiger partial charge in [0.1, 0.15) is 6.10 Å². The molecule has 1 aromatic rings. The van der Waals surface area contributed by atoms with Crippen molar-refractivity contribution in [2.75, 3.05) is 0 Å². The standard InChI is InChI=1S/C10H13FO2/c1-7(12)8(2)13-10-6-4-3-5-9(10)11/h3-8,12H,1-2H3/t7-,8?/m0/s1. The fraction of sp³-hybridized carbons (Fsp3) is 0.400. The van der Waals surface area contributed by atoms with Crippen LogP contribution in [0.2, 0.25) is 0 Å². The lowest BCUT2D eigenvalue weighted by Crippen LogP contribution is -2.25. The van der Waals surface area contributed by atoms with Crippen LogP contribution in [0.1, 0.15) is 13.8 Å². The van der Waals surface area contributed by atoms with E-state index in [-0.39, 0.29) is 5.75 Å². The molecule has 1 unspecified atom stereocenters. The maximum absolute atomic E-state index is 13.0. The van der Waals surface area contributed by atoms with E-state index in [4.69, 9.17) is 9.84 Å². The van der Waals surface area contributed by atoms with Crippen molar-refractivity contribution in [2.45, 2.75) is 26.1 Å². The number of para-hydroxylation sites is 1. The van der Waals surface area contributed by atoms with Crippen molar-refractivity contribution < 1.29 is 14.2 Å². The van der Waals surface area contributed by atoms with Crippen molar-refractivity contribution in [3.8, 4) is 5.75 Å². The van der Waals surface area contributed by atoms with Gasteiger partial charge >= 0.3 is 0 Å². The minimum Gasteiger partial charge on any atom is -0.485 e. The van der Waals surface area contributed by atoms with Crippen LogP contribution in [0.5, 0.6) is 5.75 Å². The third kappa shape index (κ3) is 2.70. The van der Waals surface area contributed by atoms with Gasteiger partial charge < -0.3 is 9.84 Å². The van der Waals surface area contributed by atoms with Crippen LogP contribution in [-0.2, 0) is 0 Å². The summed E-state index contributed by atoms with van der Waals surface area (Å²) >= 11 is 0. The number of aliphatic hydroxyl groups is 1. The van der Waals surface area contributed by atoms with Gasteiger partial charge in [-0.15, -0.1) is 0 Å². The molecular weight excluding hydrogens is 171 g/mol. The summed E-state index contributed by atoms with van der Waals surface area (Å²) in [5.74, 6) is -0.231. The first kappa shape index (κ1) is 9.99. The van der Waals surface area contributed by atoms with Gasteiger partial charge in [-0.2, -0.15) is 0 Å². The normalized spacial score (nSPS) is 15.1. The summed E-state index contributed by atoms with van der Waals surface area (Å²) in [6.07, 6.45) is -1.02. The van der Waals surface area contributed by atoms with Crippen LogP contribution < -0.4 is 4.74 Å². The Bertz CT molecular complexity index is 273. The Morgan fingerprint density at radius 1 is 1.31 bits per heavy atom. The van der Waals surface area contributed by atoms with Crippen molar-refractivity contribution in [1.82, 2.24) is 0 Å². The SMILES string of the molecule is CC(Oc1ccccc1F)[C@H](C)O. The highest BCUT2D eigenvalue weighted by Gasteiger charge is 2.12. The first-order chi connectivity index (χ1) is 6.11. The summed E-state index contributed by atoms with van der Waals surface area (Å²) in [4.78, 5) is 0. The molecule has 0 saturated heterocycles. The van der Waals surface area contributed by atoms with E-state index in [1.165, 1.54) is 12.1 Å². The maximum Gasteiger partial charge on any atom is 0.165 e. The number of ether oxygens (including phenoxy) is 1. The fourth-order valence-corrected chi connectivity index (χ4v) is 0.839. The summed E-state index contributed by atoms with van der Waals surface area (Å²) in [5, 5.41) is 9.13. The molecule has 13 heavy (non-hydrogen) atoms. The van der Waals surface area contributed by atoms with Crippen molar-refractivity contribution in [1.29, 1.82) is 0 Å². The lowest BCUT2D eigenvalue weighted by molar-refractivity contribution is 0.0579. The van der Waals surface area contributed by atoms with E-state index in [0.717, 1.165) is 0 Å². The average molecular weight is 184 g/mol. The Balaban J connectivity index is 2.69. The Morgan fingerprint density at radius 2 is 1.92 bits per heavy atom. The fourth-order valence-electron chi connectivity index (χ4n) is 0.839. The molecule has 0 saturated carbocycles. The van der Waals surface area contributed by atoms with E-state index in [0.29, 0.717) is 0 Å². The molecule has 2 atom stereocenters. The summed E-state index contributed by atoms with van der Waals surface area (Å²) in [6, 6.07) is 6.14. The molecule has 2 nitrogen and oxygen atoms in total. The van der Waals surface area contributed by atoms with Crippen LogP contribution in [0.3, 0.4) is 0 Å². The summed E-state index contributed by atoms with van der Waals surface area (Å²) in [6.45, 7) is 3.29. The second kappa shape index (κ2) is 4.23. The van der Waals surface area contributed by atoms with Gasteiger partial charge in [0, 0.05) is 0 Å². The Hall–Kier alpha value is -1.09. The predicted octanol–water partition coefficient (Wildman–Crippen LogP) is 1.97. The summed E-state index contributed by atoms with van der Waals surface area (Å²) < 4.78 is 18.2. The molecule has 1 rings (SSSR count). The molecule has 72 valence electrons. The van der Waals surface area contributed by atoms with Crippen LogP contribution in [-0.4, -0.2) is 17.3 Å². The molecule has 3 heteroatoms. The zero-order chi connectivity index (χ0) is 9.84. The average Bonchev–Trinajstić information content (AvgIpc) is 2.08. The highest BCUT2D eigenvalue weighted by Crippen LogP contribution is 2.17. The second-order valence-corrected chi connectivity index (χ2v) is 2.99. The van der Waals surface area contributed by atoms with Crippen LogP contribution in [0, 0.1) is 5.82 Å². The van der Waals surface area contributed by atoms with Crippen LogP contribution in [0.15, 0.2) is 24.3 Å². The molecule has 0 spiro atoms. The van der Waals surface area contributed by atoms with Gasteiger partial charge in [-0.1, -0.05) is 12.1 Å². The molecule has 0 bridgehead atoms. The monoisotopic (exact) mass is 184 g/mol. The predicted molar refractivity (Wildman–Crippen MR) is 48.2 cm³/mol. The first-order valence-corrected chi connectivity index (χ1v) is 4.20. The molecule has 1 aromatic carbocycles. The highest BCUT2D eigenvalue weighted by atomic mass is 19.1. The van der Waals surface area contributed by atoms with Crippen molar-refractivity contribution >= 4 is 0 Å². The Labute approximate surface area is 77.0 Å². The molecular formula is C10H13FO2. The van der Waals surface area contributed by atoms with Gasteiger partial charge in [-0.25, -0.2) is 4.39 Å². The van der Waals surface area contributed by atoms with Gasteiger partial charge in [0.15, 0.2) is 11.6 Å². The van der Waals surface area contributed by atoms with Gasteiger partial charge in [0.25, 0.3) is 0 Å². The topological polar surface area (TPSA) is 29.5 Å². The number of hydrogen-bond donors (Lipinski definition) is 1. The van der Waals surface area contributed by atoms with Crippen molar-refractivity contribution in [3.05, 3.63) is 30.1 Å². The molecule has 0 aliphatic heterocycles. The molecule has 0 radical (unpaired) electrons. The van der Waals surface area contributed by atoms with Crippen molar-refractivity contribution in [2.24, 2.45) is 0 Å². The zero-order valence-electron chi connectivity index (χ0n) is 7.70. The minimum atomic E-state index is -0.611. The lowest BCUT2D eigenvalue weighted by atomic mass is 10.2. The van der Waals surface area contributed by atoms with Crippen molar-refractivity contribution in [3.63, 3.8) is 0 Å². The Kier molecular flexibility index (Phi) is 3.25. The van der Waals surface area contributed by atoms with E-state index in [1.807, 2.05) is 0 Å². The third-order valence-corrected chi connectivity index (χ3v) is 1.83. The molecule has 0 aliphatic rings. The number of halogens is 1. The summed E-state index contributed by atoms with van der Waals surface area (Å²) in [5.41, 5.74) is 0. The van der Waals surface area contributed by atoms with E-state index < -0.39 is 18.0 Å². The van der Waals surface area contributed by atoms with E-state index in [1.54, 1.807) is 26.0 Å². The maximum atomic E-state index is 13.0. The van der Waals surface area contributed by atoms with Gasteiger partial charge in [-0.05, 0) is 26.0 Å². The Morgan fingerprint density at radius 3 is 2.46 bits per heavy atom. The van der Waals surface area contributed by atoms with E-state index in [2.05, 4.69) is 0 Å². The molecule has 0 aromatic heterocycles. The first-order valence-electron chi connectivity index (χ1n) is 4.20. The number of benzene rings is 1. The van der Waals surface area contributed by atoms with Gasteiger partial charge in [-0.3, -0.25) is 0 Å². The smallest absolute Gasteiger partial charge is 0.165 e. The van der Waals surface area contributed by atoms with E-state index >= 15 is 0 Å². The van der Waals surface area contributed by atoms with Gasteiger partial charge in [0.05, 0.1) is 6.10 Å². The third-order valence-electron chi connectivity index (χ3n) is 1.83.